The Balaban J connectivity index is 2.75. The van der Waals surface area contributed by atoms with Gasteiger partial charge in [0.15, 0.2) is 0 Å². The quantitative estimate of drug-likeness (QED) is 0.798. The summed E-state index contributed by atoms with van der Waals surface area (Å²) in [5, 5.41) is 0. The Morgan fingerprint density at radius 2 is 1.81 bits per heavy atom. The summed E-state index contributed by atoms with van der Waals surface area (Å²) < 4.78 is 0. The monoisotopic (exact) mass is 220 g/mol. The molecular weight excluding hydrogens is 196 g/mol. The van der Waals surface area contributed by atoms with Gasteiger partial charge in [-0.15, -0.1) is 0 Å². The Hall–Kier alpha value is -0.860. The molecule has 0 bridgehead atoms. The van der Waals surface area contributed by atoms with E-state index in [4.69, 9.17) is 5.73 Å². The fraction of sp³-hybridized carbons (Fsp3) is 0.571. The first kappa shape index (κ1) is 13.2. The molecule has 2 N–H and O–H groups in total. The first-order valence-corrected chi connectivity index (χ1v) is 6.23. The van der Waals surface area contributed by atoms with Gasteiger partial charge in [0, 0.05) is 13.1 Å². The van der Waals surface area contributed by atoms with Gasteiger partial charge >= 0.3 is 0 Å². The summed E-state index contributed by atoms with van der Waals surface area (Å²) in [5.74, 6) is 0.555. The van der Waals surface area contributed by atoms with Gasteiger partial charge in [-0.1, -0.05) is 45.0 Å². The van der Waals surface area contributed by atoms with E-state index in [2.05, 4.69) is 49.9 Å². The summed E-state index contributed by atoms with van der Waals surface area (Å²) in [6.45, 7) is 10.7. The van der Waals surface area contributed by atoms with Crippen molar-refractivity contribution in [2.45, 2.75) is 33.2 Å². The third-order valence-corrected chi connectivity index (χ3v) is 3.23. The van der Waals surface area contributed by atoms with Gasteiger partial charge in [-0.2, -0.15) is 0 Å². The highest BCUT2D eigenvalue weighted by atomic mass is 15.1. The van der Waals surface area contributed by atoms with Crippen LogP contribution in [0, 0.1) is 0 Å². The van der Waals surface area contributed by atoms with Crippen molar-refractivity contribution in [3.05, 3.63) is 35.4 Å². The van der Waals surface area contributed by atoms with E-state index < -0.39 is 0 Å². The third kappa shape index (κ3) is 3.32. The molecule has 1 atom stereocenters. The number of hydrogen-bond acceptors (Lipinski definition) is 2. The number of likely N-dealkylation sites (N-methyl/N-ethyl adjacent to an activating group) is 1. The fourth-order valence-corrected chi connectivity index (χ4v) is 2.17. The standard InChI is InChI=1S/C14H24N2/c1-4-16(5-2)11-12(3)14-9-7-6-8-13(14)10-15/h6-9,12H,4-5,10-11,15H2,1-3H3. The molecule has 0 aromatic heterocycles. The highest BCUT2D eigenvalue weighted by Gasteiger charge is 2.11. The highest BCUT2D eigenvalue weighted by molar-refractivity contribution is 5.30. The number of nitrogens with zero attached hydrogens (tertiary/aromatic N) is 1. The summed E-state index contributed by atoms with van der Waals surface area (Å²) >= 11 is 0. The van der Waals surface area contributed by atoms with E-state index in [1.807, 2.05) is 0 Å². The van der Waals surface area contributed by atoms with Crippen LogP contribution in [0.5, 0.6) is 0 Å². The lowest BCUT2D eigenvalue weighted by Crippen LogP contribution is -2.27. The van der Waals surface area contributed by atoms with Crippen LogP contribution in [0.1, 0.15) is 37.8 Å². The molecule has 1 aromatic carbocycles. The van der Waals surface area contributed by atoms with Crippen molar-refractivity contribution in [2.24, 2.45) is 5.73 Å². The molecular formula is C14H24N2. The van der Waals surface area contributed by atoms with Crippen molar-refractivity contribution >= 4 is 0 Å². The van der Waals surface area contributed by atoms with Crippen molar-refractivity contribution < 1.29 is 0 Å². The molecule has 0 saturated carbocycles. The van der Waals surface area contributed by atoms with Gasteiger partial charge in [0.25, 0.3) is 0 Å². The van der Waals surface area contributed by atoms with Crippen LogP contribution in [0.2, 0.25) is 0 Å². The molecule has 0 heterocycles. The second kappa shape index (κ2) is 6.66. The normalized spacial score (nSPS) is 13.1. The van der Waals surface area contributed by atoms with Crippen molar-refractivity contribution in [2.75, 3.05) is 19.6 Å². The van der Waals surface area contributed by atoms with E-state index in [0.717, 1.165) is 19.6 Å². The predicted molar refractivity (Wildman–Crippen MR) is 70.5 cm³/mol. The zero-order chi connectivity index (χ0) is 12.0. The van der Waals surface area contributed by atoms with E-state index in [1.165, 1.54) is 11.1 Å². The maximum atomic E-state index is 5.77. The number of nitrogens with two attached hydrogens (primary N) is 1. The van der Waals surface area contributed by atoms with Crippen LogP contribution < -0.4 is 5.73 Å². The lowest BCUT2D eigenvalue weighted by molar-refractivity contribution is 0.288. The molecule has 1 rings (SSSR count). The molecule has 0 aliphatic rings. The van der Waals surface area contributed by atoms with Gasteiger partial charge in [-0.05, 0) is 30.1 Å². The van der Waals surface area contributed by atoms with Crippen LogP contribution in [0.4, 0.5) is 0 Å². The highest BCUT2D eigenvalue weighted by Crippen LogP contribution is 2.20. The summed E-state index contributed by atoms with van der Waals surface area (Å²) in [6, 6.07) is 8.51. The van der Waals surface area contributed by atoms with Crippen LogP contribution in [0.3, 0.4) is 0 Å². The second-order valence-corrected chi connectivity index (χ2v) is 4.29. The summed E-state index contributed by atoms with van der Waals surface area (Å²) in [4.78, 5) is 2.46. The SMILES string of the molecule is CCN(CC)CC(C)c1ccccc1CN. The lowest BCUT2D eigenvalue weighted by Gasteiger charge is -2.24. The molecule has 0 amide bonds. The van der Waals surface area contributed by atoms with Gasteiger partial charge in [-0.3, -0.25) is 0 Å². The van der Waals surface area contributed by atoms with E-state index in [1.54, 1.807) is 0 Å². The Kier molecular flexibility index (Phi) is 5.50. The van der Waals surface area contributed by atoms with Crippen molar-refractivity contribution in [3.8, 4) is 0 Å². The maximum Gasteiger partial charge on any atom is 0.0180 e. The van der Waals surface area contributed by atoms with E-state index in [-0.39, 0.29) is 0 Å². The molecule has 1 unspecified atom stereocenters. The molecule has 0 fully saturated rings. The predicted octanol–water partition coefficient (Wildman–Crippen LogP) is 2.59. The molecule has 0 aliphatic heterocycles. The minimum absolute atomic E-state index is 0.555. The Bertz CT molecular complexity index is 305. The molecule has 0 spiro atoms. The third-order valence-electron chi connectivity index (χ3n) is 3.23. The van der Waals surface area contributed by atoms with Crippen LogP contribution in [0.25, 0.3) is 0 Å². The zero-order valence-electron chi connectivity index (χ0n) is 10.7. The van der Waals surface area contributed by atoms with Gasteiger partial charge in [0.1, 0.15) is 0 Å². The molecule has 0 aliphatic carbocycles. The molecule has 0 saturated heterocycles. The summed E-state index contributed by atoms with van der Waals surface area (Å²) in [5.41, 5.74) is 8.45. The molecule has 90 valence electrons. The lowest BCUT2D eigenvalue weighted by atomic mass is 9.95. The van der Waals surface area contributed by atoms with Crippen molar-refractivity contribution in [1.82, 2.24) is 4.90 Å². The first-order valence-electron chi connectivity index (χ1n) is 6.23. The van der Waals surface area contributed by atoms with Gasteiger partial charge in [0.05, 0.1) is 0 Å². The molecule has 2 nitrogen and oxygen atoms in total. The molecule has 2 heteroatoms. The summed E-state index contributed by atoms with van der Waals surface area (Å²) in [6.07, 6.45) is 0. The Morgan fingerprint density at radius 1 is 1.19 bits per heavy atom. The van der Waals surface area contributed by atoms with Crippen LogP contribution in [-0.4, -0.2) is 24.5 Å². The van der Waals surface area contributed by atoms with Crippen molar-refractivity contribution in [3.63, 3.8) is 0 Å². The zero-order valence-corrected chi connectivity index (χ0v) is 10.7. The average molecular weight is 220 g/mol. The van der Waals surface area contributed by atoms with E-state index in [9.17, 15) is 0 Å². The first-order chi connectivity index (χ1) is 7.72. The maximum absolute atomic E-state index is 5.77. The van der Waals surface area contributed by atoms with Crippen molar-refractivity contribution in [1.29, 1.82) is 0 Å². The number of benzene rings is 1. The van der Waals surface area contributed by atoms with Crippen LogP contribution in [-0.2, 0) is 6.54 Å². The van der Waals surface area contributed by atoms with Gasteiger partial charge in [-0.25, -0.2) is 0 Å². The van der Waals surface area contributed by atoms with Gasteiger partial charge in [0.2, 0.25) is 0 Å². The molecule has 16 heavy (non-hydrogen) atoms. The topological polar surface area (TPSA) is 29.3 Å². The molecule has 0 radical (unpaired) electrons. The number of rotatable bonds is 6. The minimum atomic E-state index is 0.555. The fourth-order valence-electron chi connectivity index (χ4n) is 2.17. The van der Waals surface area contributed by atoms with E-state index in [0.29, 0.717) is 12.5 Å². The number of hydrogen-bond donors (Lipinski definition) is 1. The van der Waals surface area contributed by atoms with Crippen LogP contribution >= 0.6 is 0 Å². The average Bonchev–Trinajstić information content (AvgIpc) is 2.35. The smallest absolute Gasteiger partial charge is 0.0180 e. The second-order valence-electron chi connectivity index (χ2n) is 4.29. The van der Waals surface area contributed by atoms with Crippen LogP contribution in [0.15, 0.2) is 24.3 Å². The molecule has 1 aromatic rings. The van der Waals surface area contributed by atoms with Gasteiger partial charge < -0.3 is 10.6 Å². The Labute approximate surface area is 99.5 Å². The summed E-state index contributed by atoms with van der Waals surface area (Å²) in [7, 11) is 0. The minimum Gasteiger partial charge on any atom is -0.326 e. The Morgan fingerprint density at radius 3 is 2.38 bits per heavy atom. The van der Waals surface area contributed by atoms with E-state index >= 15 is 0 Å². The largest absolute Gasteiger partial charge is 0.326 e.